The molecule has 9 heteroatoms. The van der Waals surface area contributed by atoms with Gasteiger partial charge in [0.1, 0.15) is 5.01 Å². The molecule has 31 heavy (non-hydrogen) atoms. The van der Waals surface area contributed by atoms with Crippen LogP contribution in [0.1, 0.15) is 9.75 Å². The Morgan fingerprint density at radius 2 is 1.81 bits per heavy atom. The number of aromatic nitrogens is 1. The zero-order valence-corrected chi connectivity index (χ0v) is 19.9. The van der Waals surface area contributed by atoms with Gasteiger partial charge in [-0.3, -0.25) is 4.72 Å². The van der Waals surface area contributed by atoms with Gasteiger partial charge in [0.25, 0.3) is 10.0 Å². The number of thiophene rings is 1. The molecule has 0 unspecified atom stereocenters. The zero-order valence-electron chi connectivity index (χ0n) is 16.7. The lowest BCUT2D eigenvalue weighted by Gasteiger charge is -2.08. The summed E-state index contributed by atoms with van der Waals surface area (Å²) in [6.45, 7) is 2.04. The summed E-state index contributed by atoms with van der Waals surface area (Å²) in [7, 11) is -2.05. The second-order valence-corrected chi connectivity index (χ2v) is 10.8. The molecule has 2 aromatic carbocycles. The molecule has 158 valence electrons. The number of sulfonamides is 1. The second kappa shape index (κ2) is 8.88. The molecule has 5 nitrogen and oxygen atoms in total. The topological polar surface area (TPSA) is 68.3 Å². The van der Waals surface area contributed by atoms with Gasteiger partial charge in [0, 0.05) is 27.1 Å². The molecule has 0 amide bonds. The van der Waals surface area contributed by atoms with Crippen LogP contribution in [0.25, 0.3) is 21.8 Å². The van der Waals surface area contributed by atoms with E-state index in [1.54, 1.807) is 72.2 Å². The third-order valence-electron chi connectivity index (χ3n) is 4.53. The number of thiocarbonyl (C=S) groups is 1. The fraction of sp³-hybridized carbons (Fsp3) is 0.0909. The highest BCUT2D eigenvalue weighted by molar-refractivity contribution is 7.92. The average Bonchev–Trinajstić information content (AvgIpc) is 3.41. The number of aryl methyl sites for hydroxylation is 1. The van der Waals surface area contributed by atoms with E-state index in [4.69, 9.17) is 21.9 Å². The van der Waals surface area contributed by atoms with Crippen molar-refractivity contribution in [1.82, 2.24) is 4.98 Å². The Bertz CT molecular complexity index is 1320. The van der Waals surface area contributed by atoms with Crippen molar-refractivity contribution in [1.29, 1.82) is 0 Å². The first kappa shape index (κ1) is 21.6. The predicted molar refractivity (Wildman–Crippen MR) is 132 cm³/mol. The van der Waals surface area contributed by atoms with Gasteiger partial charge < -0.3 is 4.74 Å². The van der Waals surface area contributed by atoms with Crippen molar-refractivity contribution in [3.8, 4) is 21.8 Å². The minimum Gasteiger partial charge on any atom is -0.486 e. The van der Waals surface area contributed by atoms with E-state index in [0.717, 1.165) is 31.6 Å². The first-order chi connectivity index (χ1) is 14.9. The Hall–Kier alpha value is -2.59. The number of hydrogen-bond acceptors (Lipinski definition) is 7. The number of benzene rings is 2. The van der Waals surface area contributed by atoms with Gasteiger partial charge in [-0.2, -0.15) is 0 Å². The van der Waals surface area contributed by atoms with Gasteiger partial charge in [0.15, 0.2) is 0 Å². The summed E-state index contributed by atoms with van der Waals surface area (Å²) in [6, 6.07) is 17.5. The monoisotopic (exact) mass is 486 g/mol. The number of hydrogen-bond donors (Lipinski definition) is 1. The van der Waals surface area contributed by atoms with Crippen molar-refractivity contribution in [2.45, 2.75) is 11.8 Å². The van der Waals surface area contributed by atoms with Crippen molar-refractivity contribution in [2.24, 2.45) is 0 Å². The summed E-state index contributed by atoms with van der Waals surface area (Å²) >= 11 is 8.37. The van der Waals surface area contributed by atoms with Crippen LogP contribution in [-0.2, 0) is 14.8 Å². The van der Waals surface area contributed by atoms with E-state index < -0.39 is 10.0 Å². The SMILES string of the molecule is COC(=S)c1cc(-c2nc(-c3ccc(NS(=O)(=O)c4ccccc4)cc3)cs2)c(C)s1. The summed E-state index contributed by atoms with van der Waals surface area (Å²) < 4.78 is 32.7. The summed E-state index contributed by atoms with van der Waals surface area (Å²) in [5, 5.41) is 3.37. The van der Waals surface area contributed by atoms with Gasteiger partial charge in [0.05, 0.1) is 22.6 Å². The van der Waals surface area contributed by atoms with Crippen LogP contribution in [0.4, 0.5) is 5.69 Å². The Morgan fingerprint density at radius 3 is 2.48 bits per heavy atom. The molecule has 0 fully saturated rings. The number of ether oxygens (including phenoxy) is 1. The molecule has 0 saturated carbocycles. The molecular weight excluding hydrogens is 469 g/mol. The molecule has 4 rings (SSSR count). The normalized spacial score (nSPS) is 11.3. The third-order valence-corrected chi connectivity index (χ3v) is 8.36. The number of methoxy groups -OCH3 is 1. The standard InChI is InChI=1S/C22H18N2O3S4/c1-14-18(12-20(30-14)22(28)27-2)21-23-19(13-29-21)15-8-10-16(11-9-15)24-31(25,26)17-6-4-3-5-7-17/h3-13,24H,1-2H3. The number of nitrogens with one attached hydrogen (secondary N) is 1. The van der Waals surface area contributed by atoms with Gasteiger partial charge in [-0.1, -0.05) is 30.3 Å². The Morgan fingerprint density at radius 1 is 1.10 bits per heavy atom. The van der Waals surface area contributed by atoms with E-state index in [2.05, 4.69) is 4.72 Å². The van der Waals surface area contributed by atoms with E-state index in [9.17, 15) is 8.42 Å². The van der Waals surface area contributed by atoms with E-state index >= 15 is 0 Å². The summed E-state index contributed by atoms with van der Waals surface area (Å²) in [4.78, 5) is 7.03. The molecule has 1 N–H and O–H groups in total. The number of anilines is 1. The highest BCUT2D eigenvalue weighted by atomic mass is 32.2. The summed E-state index contributed by atoms with van der Waals surface area (Å²) in [5.41, 5.74) is 3.28. The molecule has 0 spiro atoms. The maximum atomic E-state index is 12.5. The van der Waals surface area contributed by atoms with E-state index in [-0.39, 0.29) is 4.90 Å². The van der Waals surface area contributed by atoms with Gasteiger partial charge in [-0.05, 0) is 49.5 Å². The van der Waals surface area contributed by atoms with E-state index in [1.165, 1.54) is 0 Å². The van der Waals surface area contributed by atoms with Crippen LogP contribution in [0.5, 0.6) is 0 Å². The van der Waals surface area contributed by atoms with Crippen LogP contribution in [0.2, 0.25) is 0 Å². The van der Waals surface area contributed by atoms with Gasteiger partial charge in [-0.25, -0.2) is 13.4 Å². The molecular formula is C22H18N2O3S4. The molecule has 0 aliphatic heterocycles. The third kappa shape index (κ3) is 4.69. The van der Waals surface area contributed by atoms with Gasteiger partial charge in [-0.15, -0.1) is 22.7 Å². The van der Waals surface area contributed by atoms with Gasteiger partial charge in [0.2, 0.25) is 5.05 Å². The molecule has 0 aliphatic carbocycles. The minimum absolute atomic E-state index is 0.224. The Kier molecular flexibility index (Phi) is 6.19. The summed E-state index contributed by atoms with van der Waals surface area (Å²) in [5.74, 6) is 0. The smallest absolute Gasteiger partial charge is 0.261 e. The second-order valence-electron chi connectivity index (χ2n) is 6.61. The predicted octanol–water partition coefficient (Wildman–Crippen LogP) is 5.97. The van der Waals surface area contributed by atoms with Crippen LogP contribution in [0.3, 0.4) is 0 Å². The number of thiazole rings is 1. The highest BCUT2D eigenvalue weighted by Gasteiger charge is 2.16. The Labute approximate surface area is 194 Å². The lowest BCUT2D eigenvalue weighted by atomic mass is 10.1. The molecule has 2 aromatic heterocycles. The fourth-order valence-corrected chi connectivity index (χ4v) is 6.12. The summed E-state index contributed by atoms with van der Waals surface area (Å²) in [6.07, 6.45) is 0. The van der Waals surface area contributed by atoms with Crippen molar-refractivity contribution in [2.75, 3.05) is 11.8 Å². The van der Waals surface area contributed by atoms with Crippen LogP contribution >= 0.6 is 34.9 Å². The van der Waals surface area contributed by atoms with Crippen LogP contribution < -0.4 is 4.72 Å². The average molecular weight is 487 g/mol. The molecule has 0 saturated heterocycles. The molecule has 2 heterocycles. The van der Waals surface area contributed by atoms with Gasteiger partial charge >= 0.3 is 0 Å². The number of rotatable bonds is 6. The minimum atomic E-state index is -3.62. The van der Waals surface area contributed by atoms with E-state index in [1.807, 2.05) is 30.5 Å². The first-order valence-corrected chi connectivity index (χ1v) is 12.8. The van der Waals surface area contributed by atoms with E-state index in [0.29, 0.717) is 10.7 Å². The lowest BCUT2D eigenvalue weighted by Crippen LogP contribution is -2.12. The molecule has 0 aliphatic rings. The van der Waals surface area contributed by atoms with Crippen LogP contribution in [-0.4, -0.2) is 25.6 Å². The van der Waals surface area contributed by atoms with Crippen molar-refractivity contribution in [3.05, 3.63) is 75.8 Å². The lowest BCUT2D eigenvalue weighted by molar-refractivity contribution is 0.417. The van der Waals surface area contributed by atoms with Crippen molar-refractivity contribution in [3.63, 3.8) is 0 Å². The highest BCUT2D eigenvalue weighted by Crippen LogP contribution is 2.35. The zero-order chi connectivity index (χ0) is 22.0. The molecule has 0 radical (unpaired) electrons. The van der Waals surface area contributed by atoms with Crippen molar-refractivity contribution >= 4 is 55.7 Å². The number of nitrogens with zero attached hydrogens (tertiary/aromatic N) is 1. The van der Waals surface area contributed by atoms with Crippen molar-refractivity contribution < 1.29 is 13.2 Å². The molecule has 0 atom stereocenters. The molecule has 4 aromatic rings. The van der Waals surface area contributed by atoms with Crippen LogP contribution in [0.15, 0.2) is 70.9 Å². The first-order valence-electron chi connectivity index (χ1n) is 9.20. The molecule has 0 bridgehead atoms. The quantitative estimate of drug-likeness (QED) is 0.340. The fourth-order valence-electron chi connectivity index (χ4n) is 2.95. The maximum Gasteiger partial charge on any atom is 0.261 e. The maximum absolute atomic E-state index is 12.5. The largest absolute Gasteiger partial charge is 0.486 e. The Balaban J connectivity index is 1.54. The van der Waals surface area contributed by atoms with Crippen LogP contribution in [0, 0.1) is 6.92 Å².